The summed E-state index contributed by atoms with van der Waals surface area (Å²) in [4.78, 5) is 14.5. The summed E-state index contributed by atoms with van der Waals surface area (Å²) in [6.07, 6.45) is 0.693. The SMILES string of the molecule is O=C(CCc1nnc(-c2ccsc2)o1)N1CCOC(c2ccc(Br)cc2)C1. The van der Waals surface area contributed by atoms with Gasteiger partial charge in [-0.1, -0.05) is 28.1 Å². The summed E-state index contributed by atoms with van der Waals surface area (Å²) < 4.78 is 12.5. The molecule has 1 fully saturated rings. The van der Waals surface area contributed by atoms with Crippen LogP contribution in [-0.2, 0) is 16.0 Å². The molecule has 2 aromatic heterocycles. The fourth-order valence-electron chi connectivity index (χ4n) is 2.98. The van der Waals surface area contributed by atoms with Crippen LogP contribution in [0.2, 0.25) is 0 Å². The van der Waals surface area contributed by atoms with Gasteiger partial charge >= 0.3 is 0 Å². The Bertz CT molecular complexity index is 895. The molecular weight excluding hydrogens is 430 g/mol. The van der Waals surface area contributed by atoms with Crippen LogP contribution in [-0.4, -0.2) is 40.7 Å². The summed E-state index contributed by atoms with van der Waals surface area (Å²) in [6.45, 7) is 1.70. The molecular formula is C19H18BrN3O3S. The second-order valence-corrected chi connectivity index (χ2v) is 7.96. The topological polar surface area (TPSA) is 68.5 Å². The zero-order chi connectivity index (χ0) is 18.6. The van der Waals surface area contributed by atoms with Gasteiger partial charge in [0, 0.05) is 34.8 Å². The first-order valence-corrected chi connectivity index (χ1v) is 10.4. The lowest BCUT2D eigenvalue weighted by Crippen LogP contribution is -2.42. The number of aryl methyl sites for hydroxylation is 1. The van der Waals surface area contributed by atoms with E-state index in [9.17, 15) is 4.79 Å². The Labute approximate surface area is 169 Å². The highest BCUT2D eigenvalue weighted by atomic mass is 79.9. The number of benzene rings is 1. The number of aromatic nitrogens is 2. The molecule has 1 aromatic carbocycles. The number of amides is 1. The smallest absolute Gasteiger partial charge is 0.248 e. The van der Waals surface area contributed by atoms with Gasteiger partial charge in [0.2, 0.25) is 17.7 Å². The van der Waals surface area contributed by atoms with Gasteiger partial charge < -0.3 is 14.1 Å². The van der Waals surface area contributed by atoms with E-state index in [4.69, 9.17) is 9.15 Å². The summed E-state index contributed by atoms with van der Waals surface area (Å²) >= 11 is 5.01. The monoisotopic (exact) mass is 447 g/mol. The van der Waals surface area contributed by atoms with Gasteiger partial charge in [-0.25, -0.2) is 0 Å². The first-order chi connectivity index (χ1) is 13.2. The van der Waals surface area contributed by atoms with Gasteiger partial charge in [0.25, 0.3) is 0 Å². The van der Waals surface area contributed by atoms with Crippen molar-refractivity contribution in [1.82, 2.24) is 15.1 Å². The molecule has 3 aromatic rings. The molecule has 0 N–H and O–H groups in total. The van der Waals surface area contributed by atoms with Crippen molar-refractivity contribution in [2.24, 2.45) is 0 Å². The fourth-order valence-corrected chi connectivity index (χ4v) is 3.88. The van der Waals surface area contributed by atoms with Crippen molar-refractivity contribution in [2.45, 2.75) is 18.9 Å². The average molecular weight is 448 g/mol. The van der Waals surface area contributed by atoms with Crippen molar-refractivity contribution >= 4 is 33.2 Å². The van der Waals surface area contributed by atoms with E-state index in [1.165, 1.54) is 0 Å². The number of carbonyl (C=O) groups excluding carboxylic acids is 1. The van der Waals surface area contributed by atoms with Gasteiger partial charge in [-0.15, -0.1) is 10.2 Å². The van der Waals surface area contributed by atoms with Crippen LogP contribution in [0.5, 0.6) is 0 Å². The number of halogens is 1. The predicted octanol–water partition coefficient (Wildman–Crippen LogP) is 4.09. The van der Waals surface area contributed by atoms with E-state index in [1.807, 2.05) is 46.0 Å². The molecule has 1 atom stereocenters. The number of morpholine rings is 1. The number of hydrogen-bond donors (Lipinski definition) is 0. The molecule has 0 radical (unpaired) electrons. The standard InChI is InChI=1S/C19H18BrN3O3S/c20-15-3-1-13(2-4-15)16-11-23(8-9-25-16)18(24)6-5-17-21-22-19(26-17)14-7-10-27-12-14/h1-4,7,10,12,16H,5-6,8-9,11H2. The third kappa shape index (κ3) is 4.45. The summed E-state index contributed by atoms with van der Waals surface area (Å²) in [5.74, 6) is 1.07. The molecule has 3 heterocycles. The van der Waals surface area contributed by atoms with E-state index in [0.717, 1.165) is 15.6 Å². The van der Waals surface area contributed by atoms with Gasteiger partial charge in [-0.2, -0.15) is 11.3 Å². The maximum atomic E-state index is 12.6. The van der Waals surface area contributed by atoms with Gasteiger partial charge in [0.15, 0.2) is 0 Å². The van der Waals surface area contributed by atoms with Crippen molar-refractivity contribution in [3.8, 4) is 11.5 Å². The van der Waals surface area contributed by atoms with Crippen LogP contribution in [0.15, 0.2) is 50.0 Å². The quantitative estimate of drug-likeness (QED) is 0.588. The molecule has 8 heteroatoms. The third-order valence-corrected chi connectivity index (χ3v) is 5.66. The first kappa shape index (κ1) is 18.3. The first-order valence-electron chi connectivity index (χ1n) is 8.69. The van der Waals surface area contributed by atoms with Crippen molar-refractivity contribution in [3.63, 3.8) is 0 Å². The van der Waals surface area contributed by atoms with E-state index in [0.29, 0.717) is 44.3 Å². The number of hydrogen-bond acceptors (Lipinski definition) is 6. The molecule has 0 spiro atoms. The number of nitrogens with zero attached hydrogens (tertiary/aromatic N) is 3. The maximum absolute atomic E-state index is 12.6. The fraction of sp³-hybridized carbons (Fsp3) is 0.316. The van der Waals surface area contributed by atoms with Crippen molar-refractivity contribution in [2.75, 3.05) is 19.7 Å². The van der Waals surface area contributed by atoms with Gasteiger partial charge in [-0.05, 0) is 29.1 Å². The Balaban J connectivity index is 1.33. The van der Waals surface area contributed by atoms with Crippen LogP contribution in [0.4, 0.5) is 0 Å². The molecule has 0 saturated carbocycles. The molecule has 1 aliphatic rings. The molecule has 6 nitrogen and oxygen atoms in total. The number of ether oxygens (including phenoxy) is 1. The van der Waals surface area contributed by atoms with Gasteiger partial charge in [0.05, 0.1) is 13.2 Å². The van der Waals surface area contributed by atoms with Crippen molar-refractivity contribution < 1.29 is 13.9 Å². The zero-order valence-corrected chi connectivity index (χ0v) is 16.9. The zero-order valence-electron chi connectivity index (χ0n) is 14.5. The Morgan fingerprint density at radius 1 is 1.26 bits per heavy atom. The van der Waals surface area contributed by atoms with E-state index in [1.54, 1.807) is 11.3 Å². The van der Waals surface area contributed by atoms with Gasteiger partial charge in [-0.3, -0.25) is 4.79 Å². The van der Waals surface area contributed by atoms with Crippen LogP contribution in [0.3, 0.4) is 0 Å². The van der Waals surface area contributed by atoms with Crippen LogP contribution in [0.25, 0.3) is 11.5 Å². The highest BCUT2D eigenvalue weighted by Gasteiger charge is 2.25. The van der Waals surface area contributed by atoms with Crippen LogP contribution in [0, 0.1) is 0 Å². The summed E-state index contributed by atoms with van der Waals surface area (Å²) in [7, 11) is 0. The molecule has 27 heavy (non-hydrogen) atoms. The minimum Gasteiger partial charge on any atom is -0.421 e. The molecule has 4 rings (SSSR count). The summed E-state index contributed by atoms with van der Waals surface area (Å²) in [5, 5.41) is 12.0. The molecule has 1 saturated heterocycles. The van der Waals surface area contributed by atoms with Crippen LogP contribution >= 0.6 is 27.3 Å². The normalized spacial score (nSPS) is 17.2. The Morgan fingerprint density at radius 2 is 2.11 bits per heavy atom. The lowest BCUT2D eigenvalue weighted by molar-refractivity contribution is -0.139. The molecule has 140 valence electrons. The summed E-state index contributed by atoms with van der Waals surface area (Å²) in [5.41, 5.74) is 1.99. The van der Waals surface area contributed by atoms with Crippen molar-refractivity contribution in [1.29, 1.82) is 0 Å². The van der Waals surface area contributed by atoms with Crippen LogP contribution in [0.1, 0.15) is 24.0 Å². The van der Waals surface area contributed by atoms with Crippen molar-refractivity contribution in [3.05, 3.63) is 57.0 Å². The Morgan fingerprint density at radius 3 is 2.89 bits per heavy atom. The van der Waals surface area contributed by atoms with Gasteiger partial charge in [0.1, 0.15) is 6.10 Å². The summed E-state index contributed by atoms with van der Waals surface area (Å²) in [6, 6.07) is 9.95. The number of carbonyl (C=O) groups is 1. The van der Waals surface area contributed by atoms with Crippen LogP contribution < -0.4 is 0 Å². The Hall–Kier alpha value is -2.03. The van der Waals surface area contributed by atoms with E-state index < -0.39 is 0 Å². The lowest BCUT2D eigenvalue weighted by atomic mass is 10.1. The van der Waals surface area contributed by atoms with E-state index >= 15 is 0 Å². The van der Waals surface area contributed by atoms with E-state index in [-0.39, 0.29) is 12.0 Å². The molecule has 0 bridgehead atoms. The number of rotatable bonds is 5. The second kappa shape index (κ2) is 8.33. The highest BCUT2D eigenvalue weighted by molar-refractivity contribution is 9.10. The minimum atomic E-state index is -0.0931. The molecule has 1 amide bonds. The Kier molecular flexibility index (Phi) is 5.66. The number of thiophene rings is 1. The molecule has 1 aliphatic heterocycles. The molecule has 1 unspecified atom stereocenters. The third-order valence-electron chi connectivity index (χ3n) is 4.45. The largest absolute Gasteiger partial charge is 0.421 e. The minimum absolute atomic E-state index is 0.0793. The lowest BCUT2D eigenvalue weighted by Gasteiger charge is -2.33. The molecule has 0 aliphatic carbocycles. The van der Waals surface area contributed by atoms with E-state index in [2.05, 4.69) is 26.1 Å². The average Bonchev–Trinajstić information content (AvgIpc) is 3.38. The maximum Gasteiger partial charge on any atom is 0.248 e. The highest BCUT2D eigenvalue weighted by Crippen LogP contribution is 2.25. The predicted molar refractivity (Wildman–Crippen MR) is 105 cm³/mol. The second-order valence-electron chi connectivity index (χ2n) is 6.26.